The number of pyridine rings is 1. The molecule has 0 aliphatic carbocycles. The molecule has 4 aromatic rings. The predicted molar refractivity (Wildman–Crippen MR) is 126 cm³/mol. The van der Waals surface area contributed by atoms with E-state index in [4.69, 9.17) is 14.9 Å². The maximum absolute atomic E-state index is 13.4. The van der Waals surface area contributed by atoms with E-state index in [2.05, 4.69) is 5.32 Å². The van der Waals surface area contributed by atoms with E-state index in [0.717, 1.165) is 22.1 Å². The maximum atomic E-state index is 13.4. The number of aromatic nitrogens is 1. The second kappa shape index (κ2) is 9.11. The Morgan fingerprint density at radius 1 is 1.12 bits per heavy atom. The van der Waals surface area contributed by atoms with Gasteiger partial charge in [-0.3, -0.25) is 14.2 Å². The molecule has 2 heterocycles. The van der Waals surface area contributed by atoms with E-state index in [9.17, 15) is 9.59 Å². The number of ether oxygens (including phenoxy) is 1. The summed E-state index contributed by atoms with van der Waals surface area (Å²) in [6.07, 6.45) is 2.08. The first-order valence-corrected chi connectivity index (χ1v) is 10.4. The molecule has 7 heteroatoms. The van der Waals surface area contributed by atoms with Gasteiger partial charge >= 0.3 is 0 Å². The zero-order chi connectivity index (χ0) is 22.7. The van der Waals surface area contributed by atoms with Gasteiger partial charge in [-0.05, 0) is 48.6 Å². The summed E-state index contributed by atoms with van der Waals surface area (Å²) in [4.78, 5) is 25.8. The van der Waals surface area contributed by atoms with E-state index < -0.39 is 0 Å². The molecule has 1 amide bonds. The molecule has 0 saturated carbocycles. The Bertz CT molecular complexity index is 1320. The number of hydrogen-bond acceptors (Lipinski definition) is 5. The number of anilines is 2. The van der Waals surface area contributed by atoms with Crippen molar-refractivity contribution < 1.29 is 13.9 Å². The summed E-state index contributed by atoms with van der Waals surface area (Å²) in [6.45, 7) is 2.96. The lowest BCUT2D eigenvalue weighted by atomic mass is 9.97. The molecule has 0 aliphatic heterocycles. The van der Waals surface area contributed by atoms with Crippen molar-refractivity contribution in [3.63, 3.8) is 0 Å². The Morgan fingerprint density at radius 2 is 1.97 bits per heavy atom. The van der Waals surface area contributed by atoms with Crippen molar-refractivity contribution in [2.75, 3.05) is 24.8 Å². The van der Waals surface area contributed by atoms with E-state index in [1.165, 1.54) is 6.26 Å². The minimum absolute atomic E-state index is 0.194. The highest BCUT2D eigenvalue weighted by Gasteiger charge is 2.18. The number of nitrogen functional groups attached to an aromatic ring is 1. The number of benzene rings is 2. The molecule has 164 valence electrons. The number of nitrogens with zero attached hydrogens (tertiary/aromatic N) is 1. The fourth-order valence-electron chi connectivity index (χ4n) is 3.84. The molecule has 0 atom stereocenters. The van der Waals surface area contributed by atoms with Gasteiger partial charge in [0.25, 0.3) is 11.5 Å². The first kappa shape index (κ1) is 21.4. The average molecular weight is 431 g/mol. The summed E-state index contributed by atoms with van der Waals surface area (Å²) in [7, 11) is 1.62. The van der Waals surface area contributed by atoms with E-state index in [0.29, 0.717) is 36.5 Å². The van der Waals surface area contributed by atoms with Crippen LogP contribution in [0.2, 0.25) is 0 Å². The van der Waals surface area contributed by atoms with Crippen molar-refractivity contribution in [2.45, 2.75) is 19.9 Å². The Morgan fingerprint density at radius 3 is 2.69 bits per heavy atom. The molecule has 0 aliphatic rings. The van der Waals surface area contributed by atoms with Crippen LogP contribution < -0.4 is 16.6 Å². The van der Waals surface area contributed by atoms with Crippen molar-refractivity contribution in [1.82, 2.24) is 4.57 Å². The van der Waals surface area contributed by atoms with E-state index in [1.807, 2.05) is 37.3 Å². The fraction of sp³-hybridized carbons (Fsp3) is 0.200. The summed E-state index contributed by atoms with van der Waals surface area (Å²) in [5.41, 5.74) is 9.65. The number of carbonyl (C=O) groups is 1. The van der Waals surface area contributed by atoms with Crippen molar-refractivity contribution in [3.8, 4) is 11.1 Å². The molecule has 2 aromatic heterocycles. The minimum Gasteiger partial charge on any atom is -0.459 e. The zero-order valence-electron chi connectivity index (χ0n) is 18.1. The van der Waals surface area contributed by atoms with Gasteiger partial charge in [-0.1, -0.05) is 35.9 Å². The molecule has 0 bridgehead atoms. The fourth-order valence-corrected chi connectivity index (χ4v) is 3.84. The molecule has 0 spiro atoms. The molecule has 4 rings (SSSR count). The summed E-state index contributed by atoms with van der Waals surface area (Å²) < 4.78 is 11.9. The van der Waals surface area contributed by atoms with Crippen LogP contribution in [0.3, 0.4) is 0 Å². The predicted octanol–water partition coefficient (Wildman–Crippen LogP) is 4.44. The lowest BCUT2D eigenvalue weighted by Gasteiger charge is -2.18. The van der Waals surface area contributed by atoms with Gasteiger partial charge in [-0.2, -0.15) is 0 Å². The smallest absolute Gasteiger partial charge is 0.291 e. The van der Waals surface area contributed by atoms with Crippen LogP contribution in [0.5, 0.6) is 0 Å². The topological polar surface area (TPSA) is 99.5 Å². The van der Waals surface area contributed by atoms with Crippen LogP contribution in [0, 0.1) is 6.92 Å². The van der Waals surface area contributed by atoms with E-state index >= 15 is 0 Å². The summed E-state index contributed by atoms with van der Waals surface area (Å²) >= 11 is 0. The van der Waals surface area contributed by atoms with Gasteiger partial charge in [-0.15, -0.1) is 0 Å². The van der Waals surface area contributed by atoms with Crippen LogP contribution >= 0.6 is 0 Å². The standard InChI is InChI=1S/C25H25N3O4/c1-16-6-3-7-17(14-16)22-19-10-9-18(27-24(29)21-8-4-13-32-21)15-20(19)25(30)28(23(22)26)11-5-12-31-2/h3-4,6-10,13-15H,5,11-12,26H2,1-2H3,(H,27,29). The summed E-state index contributed by atoms with van der Waals surface area (Å²) in [5.74, 6) is 0.223. The van der Waals surface area contributed by atoms with Crippen LogP contribution in [-0.2, 0) is 11.3 Å². The average Bonchev–Trinajstić information content (AvgIpc) is 3.32. The normalized spacial score (nSPS) is 11.1. The number of carbonyl (C=O) groups excluding carboxylic acids is 1. The van der Waals surface area contributed by atoms with Crippen molar-refractivity contribution in [2.24, 2.45) is 0 Å². The van der Waals surface area contributed by atoms with E-state index in [1.54, 1.807) is 35.9 Å². The summed E-state index contributed by atoms with van der Waals surface area (Å²) in [6, 6.07) is 16.5. The maximum Gasteiger partial charge on any atom is 0.291 e. The molecule has 0 unspecified atom stereocenters. The Labute approximate surface area is 185 Å². The van der Waals surface area contributed by atoms with Crippen molar-refractivity contribution in [1.29, 1.82) is 0 Å². The Kier molecular flexibility index (Phi) is 6.09. The lowest BCUT2D eigenvalue weighted by Crippen LogP contribution is -2.25. The first-order valence-electron chi connectivity index (χ1n) is 10.4. The first-order chi connectivity index (χ1) is 15.5. The second-order valence-electron chi connectivity index (χ2n) is 7.62. The van der Waals surface area contributed by atoms with Crippen LogP contribution in [0.1, 0.15) is 22.5 Å². The SMILES string of the molecule is COCCCn1c(N)c(-c2cccc(C)c2)c2ccc(NC(=O)c3ccco3)cc2c1=O. The highest BCUT2D eigenvalue weighted by molar-refractivity contribution is 6.06. The molecule has 2 aromatic carbocycles. The van der Waals surface area contributed by atoms with Crippen LogP contribution in [0.15, 0.2) is 70.1 Å². The van der Waals surface area contributed by atoms with Crippen LogP contribution in [-0.4, -0.2) is 24.2 Å². The number of hydrogen-bond donors (Lipinski definition) is 2. The highest BCUT2D eigenvalue weighted by atomic mass is 16.5. The minimum atomic E-state index is -0.385. The highest BCUT2D eigenvalue weighted by Crippen LogP contribution is 2.34. The third kappa shape index (κ3) is 4.15. The largest absolute Gasteiger partial charge is 0.459 e. The van der Waals surface area contributed by atoms with Gasteiger partial charge < -0.3 is 20.2 Å². The number of aryl methyl sites for hydroxylation is 1. The molecule has 0 fully saturated rings. The molecule has 32 heavy (non-hydrogen) atoms. The van der Waals surface area contributed by atoms with Crippen molar-refractivity contribution >= 4 is 28.2 Å². The molecule has 0 saturated heterocycles. The number of furan rings is 1. The van der Waals surface area contributed by atoms with Crippen LogP contribution in [0.25, 0.3) is 21.9 Å². The van der Waals surface area contributed by atoms with Gasteiger partial charge in [0.05, 0.1) is 6.26 Å². The zero-order valence-corrected chi connectivity index (χ0v) is 18.1. The molecular weight excluding hydrogens is 406 g/mol. The van der Waals surface area contributed by atoms with Gasteiger partial charge in [0, 0.05) is 36.9 Å². The molecule has 3 N–H and O–H groups in total. The van der Waals surface area contributed by atoms with Gasteiger partial charge in [-0.25, -0.2) is 0 Å². The van der Waals surface area contributed by atoms with Gasteiger partial charge in [0.2, 0.25) is 0 Å². The number of nitrogens with one attached hydrogen (secondary N) is 1. The molecular formula is C25H25N3O4. The second-order valence-corrected chi connectivity index (χ2v) is 7.62. The quantitative estimate of drug-likeness (QED) is 0.422. The van der Waals surface area contributed by atoms with Gasteiger partial charge in [0.1, 0.15) is 5.82 Å². The van der Waals surface area contributed by atoms with Gasteiger partial charge in [0.15, 0.2) is 5.76 Å². The van der Waals surface area contributed by atoms with E-state index in [-0.39, 0.29) is 17.2 Å². The van der Waals surface area contributed by atoms with Crippen molar-refractivity contribution in [3.05, 3.63) is 82.5 Å². The molecule has 7 nitrogen and oxygen atoms in total. The number of amides is 1. The lowest BCUT2D eigenvalue weighted by molar-refractivity contribution is 0.0996. The number of nitrogens with two attached hydrogens (primary N) is 1. The monoisotopic (exact) mass is 431 g/mol. The third-order valence-electron chi connectivity index (χ3n) is 5.35. The number of rotatable bonds is 7. The Balaban J connectivity index is 1.87. The number of fused-ring (bicyclic) bond motifs is 1. The van der Waals surface area contributed by atoms with Crippen LogP contribution in [0.4, 0.5) is 11.5 Å². The number of methoxy groups -OCH3 is 1. The Hall–Kier alpha value is -3.84. The third-order valence-corrected chi connectivity index (χ3v) is 5.35. The molecule has 0 radical (unpaired) electrons. The summed E-state index contributed by atoms with van der Waals surface area (Å²) in [5, 5.41) is 4.00.